The number of hydrogen-bond acceptors (Lipinski definition) is 6. The fraction of sp³-hybridized carbons (Fsp3) is 0.591. The smallest absolute Gasteiger partial charge is 0.305 e. The van der Waals surface area contributed by atoms with E-state index in [-0.39, 0.29) is 42.9 Å². The van der Waals surface area contributed by atoms with Crippen molar-refractivity contribution in [1.29, 1.82) is 0 Å². The second kappa shape index (κ2) is 9.23. The predicted octanol–water partition coefficient (Wildman–Crippen LogP) is 1.91. The first-order chi connectivity index (χ1) is 14.9. The highest BCUT2D eigenvalue weighted by molar-refractivity contribution is 6.00. The van der Waals surface area contributed by atoms with Crippen LogP contribution >= 0.6 is 0 Å². The lowest BCUT2D eigenvalue weighted by Crippen LogP contribution is -2.53. The number of anilines is 1. The highest BCUT2D eigenvalue weighted by atomic mass is 16.5. The van der Waals surface area contributed by atoms with Gasteiger partial charge in [-0.3, -0.25) is 14.4 Å². The third-order valence-corrected chi connectivity index (χ3v) is 6.27. The molecular weight excluding hydrogens is 404 g/mol. The van der Waals surface area contributed by atoms with E-state index >= 15 is 0 Å². The van der Waals surface area contributed by atoms with E-state index in [9.17, 15) is 14.4 Å². The number of amides is 2. The van der Waals surface area contributed by atoms with Crippen molar-refractivity contribution < 1.29 is 33.7 Å². The van der Waals surface area contributed by atoms with Crippen molar-refractivity contribution in [2.24, 2.45) is 5.92 Å². The van der Waals surface area contributed by atoms with E-state index in [0.29, 0.717) is 55.9 Å². The molecule has 9 heteroatoms. The molecule has 2 amide bonds. The standard InChI is InChI=1S/C22H28N2O7/c1-24-17-4-3-15(11-20(25)26)31-19(17)12-30-18-5-2-14(10-16(18)22(24)28)23-21(27)13-6-8-29-9-7-13/h2,5,10,13,15,17,19H,3-4,6-9,11-12H2,1H3,(H,23,27)(H,25,26)/t15-,17-,19+/m0/s1. The maximum Gasteiger partial charge on any atom is 0.305 e. The van der Waals surface area contributed by atoms with Crippen LogP contribution in [0.2, 0.25) is 0 Å². The van der Waals surface area contributed by atoms with Crippen molar-refractivity contribution in [2.45, 2.75) is 50.4 Å². The molecule has 9 nitrogen and oxygen atoms in total. The van der Waals surface area contributed by atoms with Gasteiger partial charge in [0.25, 0.3) is 5.91 Å². The zero-order chi connectivity index (χ0) is 22.0. The summed E-state index contributed by atoms with van der Waals surface area (Å²) < 4.78 is 17.2. The summed E-state index contributed by atoms with van der Waals surface area (Å²) >= 11 is 0. The molecule has 1 aromatic rings. The van der Waals surface area contributed by atoms with Gasteiger partial charge < -0.3 is 29.5 Å². The molecule has 168 valence electrons. The van der Waals surface area contributed by atoms with Crippen molar-refractivity contribution in [1.82, 2.24) is 4.90 Å². The van der Waals surface area contributed by atoms with Crippen LogP contribution in [0.15, 0.2) is 18.2 Å². The SMILES string of the molecule is CN1C(=O)c2cc(NC(=O)C3CCOCC3)ccc2OC[C@H]2O[C@H](CC(=O)O)CC[C@@H]21. The number of fused-ring (bicyclic) bond motifs is 2. The van der Waals surface area contributed by atoms with Crippen LogP contribution in [0.3, 0.4) is 0 Å². The summed E-state index contributed by atoms with van der Waals surface area (Å²) in [5.74, 6) is -0.860. The summed E-state index contributed by atoms with van der Waals surface area (Å²) in [5, 5.41) is 12.0. The number of carboxylic acids is 1. The lowest BCUT2D eigenvalue weighted by atomic mass is 9.94. The first kappa shape index (κ1) is 21.6. The molecule has 2 N–H and O–H groups in total. The maximum atomic E-state index is 13.2. The van der Waals surface area contributed by atoms with Crippen LogP contribution in [-0.4, -0.2) is 72.9 Å². The monoisotopic (exact) mass is 432 g/mol. The van der Waals surface area contributed by atoms with Crippen molar-refractivity contribution in [2.75, 3.05) is 32.2 Å². The summed E-state index contributed by atoms with van der Waals surface area (Å²) in [6.07, 6.45) is 1.75. The summed E-state index contributed by atoms with van der Waals surface area (Å²) in [7, 11) is 1.73. The average Bonchev–Trinajstić information content (AvgIpc) is 2.77. The molecule has 0 aromatic heterocycles. The number of likely N-dealkylation sites (N-methyl/N-ethyl adjacent to an activating group) is 1. The molecule has 3 aliphatic heterocycles. The van der Waals surface area contributed by atoms with Crippen molar-refractivity contribution in [3.63, 3.8) is 0 Å². The van der Waals surface area contributed by atoms with Gasteiger partial charge in [0.05, 0.1) is 24.1 Å². The quantitative estimate of drug-likeness (QED) is 0.747. The van der Waals surface area contributed by atoms with Gasteiger partial charge in [0.15, 0.2) is 0 Å². The largest absolute Gasteiger partial charge is 0.490 e. The van der Waals surface area contributed by atoms with Gasteiger partial charge >= 0.3 is 5.97 Å². The number of carbonyl (C=O) groups is 3. The first-order valence-electron chi connectivity index (χ1n) is 10.7. The van der Waals surface area contributed by atoms with Crippen LogP contribution in [0.5, 0.6) is 5.75 Å². The van der Waals surface area contributed by atoms with Gasteiger partial charge in [-0.15, -0.1) is 0 Å². The lowest BCUT2D eigenvalue weighted by Gasteiger charge is -2.42. The van der Waals surface area contributed by atoms with E-state index in [0.717, 1.165) is 0 Å². The van der Waals surface area contributed by atoms with Crippen molar-refractivity contribution in [3.05, 3.63) is 23.8 Å². The minimum absolute atomic E-state index is 0.0619. The predicted molar refractivity (Wildman–Crippen MR) is 110 cm³/mol. The van der Waals surface area contributed by atoms with E-state index < -0.39 is 12.1 Å². The number of nitrogens with one attached hydrogen (secondary N) is 1. The van der Waals surface area contributed by atoms with Crippen LogP contribution in [0.4, 0.5) is 5.69 Å². The summed E-state index contributed by atoms with van der Waals surface area (Å²) in [4.78, 5) is 38.4. The van der Waals surface area contributed by atoms with Crippen LogP contribution in [0, 0.1) is 5.92 Å². The molecule has 0 saturated carbocycles. The minimum atomic E-state index is -0.902. The number of nitrogens with zero attached hydrogens (tertiary/aromatic N) is 1. The van der Waals surface area contributed by atoms with E-state index in [1.54, 1.807) is 30.1 Å². The molecule has 2 fully saturated rings. The zero-order valence-electron chi connectivity index (χ0n) is 17.5. The number of rotatable bonds is 4. The average molecular weight is 432 g/mol. The fourth-order valence-corrected chi connectivity index (χ4v) is 4.50. The van der Waals surface area contributed by atoms with Gasteiger partial charge in [0.2, 0.25) is 5.91 Å². The van der Waals surface area contributed by atoms with E-state index in [1.165, 1.54) is 0 Å². The Morgan fingerprint density at radius 2 is 1.97 bits per heavy atom. The number of benzene rings is 1. The van der Waals surface area contributed by atoms with Crippen molar-refractivity contribution >= 4 is 23.5 Å². The first-order valence-corrected chi connectivity index (χ1v) is 10.7. The highest BCUT2D eigenvalue weighted by Gasteiger charge is 2.39. The molecule has 2 saturated heterocycles. The van der Waals surface area contributed by atoms with Gasteiger partial charge in [-0.2, -0.15) is 0 Å². The molecule has 0 spiro atoms. The van der Waals surface area contributed by atoms with Gasteiger partial charge in [-0.1, -0.05) is 0 Å². The summed E-state index contributed by atoms with van der Waals surface area (Å²) in [6, 6.07) is 4.85. The third-order valence-electron chi connectivity index (χ3n) is 6.27. The number of hydrogen-bond donors (Lipinski definition) is 2. The Labute approximate surface area is 180 Å². The second-order valence-electron chi connectivity index (χ2n) is 8.35. The van der Waals surface area contributed by atoms with Crippen LogP contribution in [0.25, 0.3) is 0 Å². The van der Waals surface area contributed by atoms with Gasteiger partial charge in [-0.25, -0.2) is 0 Å². The third kappa shape index (κ3) is 4.83. The van der Waals surface area contributed by atoms with Crippen LogP contribution in [-0.2, 0) is 19.1 Å². The number of ether oxygens (including phenoxy) is 3. The summed E-state index contributed by atoms with van der Waals surface area (Å²) in [5.41, 5.74) is 0.942. The second-order valence-corrected chi connectivity index (χ2v) is 8.35. The molecular formula is C22H28N2O7. The molecule has 0 bridgehead atoms. The number of carboxylic acid groups (broad SMARTS) is 1. The molecule has 4 rings (SSSR count). The van der Waals surface area contributed by atoms with E-state index in [1.807, 2.05) is 0 Å². The molecule has 0 aliphatic carbocycles. The highest BCUT2D eigenvalue weighted by Crippen LogP contribution is 2.32. The molecule has 31 heavy (non-hydrogen) atoms. The molecule has 3 aliphatic rings. The van der Waals surface area contributed by atoms with Gasteiger partial charge in [0.1, 0.15) is 18.5 Å². The van der Waals surface area contributed by atoms with E-state index in [4.69, 9.17) is 19.3 Å². The lowest BCUT2D eigenvalue weighted by molar-refractivity contribution is -0.148. The van der Waals surface area contributed by atoms with Crippen molar-refractivity contribution in [3.8, 4) is 5.75 Å². The number of aliphatic carboxylic acids is 1. The normalized spacial score (nSPS) is 26.7. The summed E-state index contributed by atoms with van der Waals surface area (Å²) in [6.45, 7) is 1.38. The Bertz CT molecular complexity index is 852. The number of carbonyl (C=O) groups excluding carboxylic acids is 2. The van der Waals surface area contributed by atoms with Crippen LogP contribution in [0.1, 0.15) is 42.5 Å². The topological polar surface area (TPSA) is 114 Å². The minimum Gasteiger partial charge on any atom is -0.490 e. The molecule has 1 aromatic carbocycles. The zero-order valence-corrected chi connectivity index (χ0v) is 17.5. The molecule has 3 atom stereocenters. The Balaban J connectivity index is 1.49. The Hall–Kier alpha value is -2.65. The van der Waals surface area contributed by atoms with Crippen LogP contribution < -0.4 is 10.1 Å². The Morgan fingerprint density at radius 1 is 1.19 bits per heavy atom. The fourth-order valence-electron chi connectivity index (χ4n) is 4.50. The molecule has 3 heterocycles. The van der Waals surface area contributed by atoms with Gasteiger partial charge in [-0.05, 0) is 43.9 Å². The Kier molecular flexibility index (Phi) is 6.43. The Morgan fingerprint density at radius 3 is 2.71 bits per heavy atom. The molecule has 0 radical (unpaired) electrons. The molecule has 0 unspecified atom stereocenters. The van der Waals surface area contributed by atoms with Gasteiger partial charge in [0, 0.05) is 31.9 Å². The maximum absolute atomic E-state index is 13.2. The van der Waals surface area contributed by atoms with E-state index in [2.05, 4.69) is 5.32 Å².